The Morgan fingerprint density at radius 1 is 1.38 bits per heavy atom. The summed E-state index contributed by atoms with van der Waals surface area (Å²) in [5, 5.41) is 5.42. The summed E-state index contributed by atoms with van der Waals surface area (Å²) in [5.74, 6) is -0.702. The van der Waals surface area contributed by atoms with E-state index in [0.717, 1.165) is 0 Å². The first-order valence-electron chi connectivity index (χ1n) is 4.02. The molecule has 0 bridgehead atoms. The normalized spacial score (nSPS) is 31.2. The minimum Gasteiger partial charge on any atom is -0.466 e. The molecule has 1 amide bonds. The molecular formula is C8H14N2O3. The molecule has 0 aromatic heterocycles. The molecule has 13 heavy (non-hydrogen) atoms. The minimum atomic E-state index is -1.10. The van der Waals surface area contributed by atoms with E-state index in [1.807, 2.05) is 0 Å². The third-order valence-corrected chi connectivity index (χ3v) is 2.09. The Morgan fingerprint density at radius 2 is 1.92 bits per heavy atom. The summed E-state index contributed by atoms with van der Waals surface area (Å²) >= 11 is 0. The Labute approximate surface area is 76.8 Å². The summed E-state index contributed by atoms with van der Waals surface area (Å²) in [5.41, 5.74) is -1.84. The van der Waals surface area contributed by atoms with Gasteiger partial charge in [0.15, 0.2) is 5.66 Å². The lowest BCUT2D eigenvalue weighted by Crippen LogP contribution is -2.56. The number of hydrogen-bond donors (Lipinski definition) is 2. The first-order valence-corrected chi connectivity index (χ1v) is 4.02. The van der Waals surface area contributed by atoms with Crippen LogP contribution in [0.15, 0.2) is 0 Å². The SMILES string of the molecule is COC(=O)C1(C)NC(=O)C(C)(C)N1. The van der Waals surface area contributed by atoms with Crippen LogP contribution in [0.1, 0.15) is 20.8 Å². The lowest BCUT2D eigenvalue weighted by atomic mass is 10.1. The molecule has 2 N–H and O–H groups in total. The Morgan fingerprint density at radius 3 is 2.23 bits per heavy atom. The van der Waals surface area contributed by atoms with Crippen LogP contribution in [0, 0.1) is 0 Å². The molecule has 5 nitrogen and oxygen atoms in total. The number of hydrogen-bond acceptors (Lipinski definition) is 4. The lowest BCUT2D eigenvalue weighted by molar-refractivity contribution is -0.149. The number of carbonyl (C=O) groups excluding carboxylic acids is 2. The highest BCUT2D eigenvalue weighted by atomic mass is 16.5. The van der Waals surface area contributed by atoms with Crippen molar-refractivity contribution < 1.29 is 14.3 Å². The maximum atomic E-state index is 11.4. The summed E-state index contributed by atoms with van der Waals surface area (Å²) in [7, 11) is 1.28. The zero-order valence-corrected chi connectivity index (χ0v) is 8.22. The number of amides is 1. The fourth-order valence-corrected chi connectivity index (χ4v) is 1.40. The largest absolute Gasteiger partial charge is 0.466 e. The van der Waals surface area contributed by atoms with Crippen molar-refractivity contribution in [3.8, 4) is 0 Å². The summed E-state index contributed by atoms with van der Waals surface area (Å²) in [4.78, 5) is 22.6. The predicted molar refractivity (Wildman–Crippen MR) is 45.8 cm³/mol. The second-order valence-corrected chi connectivity index (χ2v) is 3.82. The molecule has 0 aliphatic carbocycles. The van der Waals surface area contributed by atoms with Gasteiger partial charge in [-0.1, -0.05) is 0 Å². The third-order valence-electron chi connectivity index (χ3n) is 2.09. The number of rotatable bonds is 1. The van der Waals surface area contributed by atoms with Crippen LogP contribution in [0.5, 0.6) is 0 Å². The molecule has 0 aromatic carbocycles. The van der Waals surface area contributed by atoms with Gasteiger partial charge in [-0.25, -0.2) is 4.79 Å². The van der Waals surface area contributed by atoms with Crippen molar-refractivity contribution in [3.63, 3.8) is 0 Å². The summed E-state index contributed by atoms with van der Waals surface area (Å²) in [6.07, 6.45) is 0. The molecule has 0 spiro atoms. The summed E-state index contributed by atoms with van der Waals surface area (Å²) in [6, 6.07) is 0. The molecule has 1 rings (SSSR count). The molecule has 1 atom stereocenters. The zero-order valence-electron chi connectivity index (χ0n) is 8.22. The van der Waals surface area contributed by atoms with Crippen LogP contribution < -0.4 is 10.6 Å². The average molecular weight is 186 g/mol. The Kier molecular flexibility index (Phi) is 2.07. The molecule has 1 fully saturated rings. The van der Waals surface area contributed by atoms with Gasteiger partial charge in [0.2, 0.25) is 5.91 Å². The standard InChI is InChI=1S/C8H14N2O3/c1-7(2)5(11)9-8(3,10-7)6(12)13-4/h10H,1-4H3,(H,9,11). The van der Waals surface area contributed by atoms with E-state index in [1.165, 1.54) is 7.11 Å². The third kappa shape index (κ3) is 1.51. The highest BCUT2D eigenvalue weighted by Crippen LogP contribution is 2.18. The highest BCUT2D eigenvalue weighted by molar-refractivity contribution is 5.96. The van der Waals surface area contributed by atoms with Gasteiger partial charge in [0.25, 0.3) is 0 Å². The molecule has 0 saturated carbocycles. The lowest BCUT2D eigenvalue weighted by Gasteiger charge is -2.23. The first-order chi connectivity index (χ1) is 5.82. The smallest absolute Gasteiger partial charge is 0.346 e. The van der Waals surface area contributed by atoms with Crippen LogP contribution in [0.25, 0.3) is 0 Å². The van der Waals surface area contributed by atoms with Gasteiger partial charge in [0.1, 0.15) is 0 Å². The Balaban J connectivity index is 2.88. The van der Waals surface area contributed by atoms with Crippen molar-refractivity contribution in [3.05, 3.63) is 0 Å². The van der Waals surface area contributed by atoms with Gasteiger partial charge in [-0.3, -0.25) is 10.1 Å². The molecule has 1 aliphatic heterocycles. The second-order valence-electron chi connectivity index (χ2n) is 3.82. The quantitative estimate of drug-likeness (QED) is 0.535. The van der Waals surface area contributed by atoms with E-state index < -0.39 is 17.2 Å². The van der Waals surface area contributed by atoms with E-state index in [1.54, 1.807) is 20.8 Å². The summed E-state index contributed by atoms with van der Waals surface area (Å²) < 4.78 is 4.56. The average Bonchev–Trinajstić information content (AvgIpc) is 2.21. The molecule has 5 heteroatoms. The monoisotopic (exact) mass is 186 g/mol. The van der Waals surface area contributed by atoms with Crippen LogP contribution >= 0.6 is 0 Å². The maximum Gasteiger partial charge on any atom is 0.346 e. The molecule has 1 saturated heterocycles. The van der Waals surface area contributed by atoms with Gasteiger partial charge < -0.3 is 10.1 Å². The van der Waals surface area contributed by atoms with E-state index >= 15 is 0 Å². The number of esters is 1. The van der Waals surface area contributed by atoms with Crippen molar-refractivity contribution in [2.75, 3.05) is 7.11 Å². The van der Waals surface area contributed by atoms with Gasteiger partial charge in [0.05, 0.1) is 12.6 Å². The molecule has 1 unspecified atom stereocenters. The molecule has 0 aromatic rings. The van der Waals surface area contributed by atoms with Crippen LogP contribution in [0.3, 0.4) is 0 Å². The number of ether oxygens (including phenoxy) is 1. The van der Waals surface area contributed by atoms with E-state index in [2.05, 4.69) is 15.4 Å². The van der Waals surface area contributed by atoms with Crippen LogP contribution in [-0.4, -0.2) is 30.2 Å². The minimum absolute atomic E-state index is 0.208. The van der Waals surface area contributed by atoms with E-state index in [4.69, 9.17) is 0 Å². The fourth-order valence-electron chi connectivity index (χ4n) is 1.40. The first kappa shape index (κ1) is 9.98. The van der Waals surface area contributed by atoms with Gasteiger partial charge in [-0.05, 0) is 20.8 Å². The number of nitrogens with one attached hydrogen (secondary N) is 2. The molecule has 1 aliphatic rings. The van der Waals surface area contributed by atoms with Crippen molar-refractivity contribution in [1.82, 2.24) is 10.6 Å². The van der Waals surface area contributed by atoms with Crippen molar-refractivity contribution in [2.24, 2.45) is 0 Å². The van der Waals surface area contributed by atoms with E-state index in [-0.39, 0.29) is 5.91 Å². The maximum absolute atomic E-state index is 11.4. The highest BCUT2D eigenvalue weighted by Gasteiger charge is 2.50. The van der Waals surface area contributed by atoms with Gasteiger partial charge in [-0.2, -0.15) is 0 Å². The van der Waals surface area contributed by atoms with E-state index in [9.17, 15) is 9.59 Å². The second kappa shape index (κ2) is 2.70. The van der Waals surface area contributed by atoms with Crippen LogP contribution in [-0.2, 0) is 14.3 Å². The topological polar surface area (TPSA) is 67.4 Å². The van der Waals surface area contributed by atoms with Crippen LogP contribution in [0.2, 0.25) is 0 Å². The van der Waals surface area contributed by atoms with Crippen LogP contribution in [0.4, 0.5) is 0 Å². The van der Waals surface area contributed by atoms with Crippen molar-refractivity contribution in [1.29, 1.82) is 0 Å². The number of methoxy groups -OCH3 is 1. The molecule has 1 heterocycles. The van der Waals surface area contributed by atoms with Gasteiger partial charge in [0, 0.05) is 0 Å². The Hall–Kier alpha value is -1.10. The summed E-state index contributed by atoms with van der Waals surface area (Å²) in [6.45, 7) is 4.98. The zero-order chi connectivity index (χ0) is 10.3. The van der Waals surface area contributed by atoms with Gasteiger partial charge >= 0.3 is 5.97 Å². The van der Waals surface area contributed by atoms with E-state index in [0.29, 0.717) is 0 Å². The van der Waals surface area contributed by atoms with Gasteiger partial charge in [-0.15, -0.1) is 0 Å². The fraction of sp³-hybridized carbons (Fsp3) is 0.750. The molecule has 0 radical (unpaired) electrons. The van der Waals surface area contributed by atoms with Crippen molar-refractivity contribution >= 4 is 11.9 Å². The number of carbonyl (C=O) groups is 2. The van der Waals surface area contributed by atoms with Crippen molar-refractivity contribution in [2.45, 2.75) is 32.0 Å². The predicted octanol–water partition coefficient (Wildman–Crippen LogP) is -0.626. The Bertz CT molecular complexity index is 262. The molecule has 74 valence electrons. The molecular weight excluding hydrogens is 172 g/mol.